The van der Waals surface area contributed by atoms with Gasteiger partial charge in [0.25, 0.3) is 0 Å². The molecule has 0 aliphatic carbocycles. The summed E-state index contributed by atoms with van der Waals surface area (Å²) in [5, 5.41) is 9.06. The molecule has 2 aliphatic heterocycles. The van der Waals surface area contributed by atoms with Crippen molar-refractivity contribution in [3.05, 3.63) is 0 Å². The van der Waals surface area contributed by atoms with Crippen LogP contribution in [0.2, 0.25) is 0 Å². The summed E-state index contributed by atoms with van der Waals surface area (Å²) in [7, 11) is 0. The molecule has 0 aromatic rings. The second kappa shape index (κ2) is 4.40. The van der Waals surface area contributed by atoms with Crippen molar-refractivity contribution in [2.75, 3.05) is 26.2 Å². The zero-order valence-electron chi connectivity index (χ0n) is 8.11. The average molecular weight is 185 g/mol. The molecule has 1 N–H and O–H groups in total. The molecule has 3 nitrogen and oxygen atoms in total. The van der Waals surface area contributed by atoms with Crippen LogP contribution in [0.25, 0.3) is 0 Å². The third-order valence-corrected chi connectivity index (χ3v) is 2.96. The molecule has 2 aliphatic rings. The van der Waals surface area contributed by atoms with Gasteiger partial charge in [-0.15, -0.1) is 0 Å². The summed E-state index contributed by atoms with van der Waals surface area (Å²) in [6.45, 7) is 3.86. The highest BCUT2D eigenvalue weighted by Crippen LogP contribution is 2.17. The monoisotopic (exact) mass is 185 g/mol. The smallest absolute Gasteiger partial charge is 0.0793 e. The van der Waals surface area contributed by atoms with Gasteiger partial charge in [0.1, 0.15) is 0 Å². The van der Waals surface area contributed by atoms with Crippen LogP contribution in [-0.2, 0) is 4.74 Å². The largest absolute Gasteiger partial charge is 0.390 e. The first kappa shape index (κ1) is 9.44. The molecular weight excluding hydrogens is 166 g/mol. The summed E-state index contributed by atoms with van der Waals surface area (Å²) in [5.41, 5.74) is 0. The maximum atomic E-state index is 9.06. The molecule has 0 radical (unpaired) electrons. The maximum absolute atomic E-state index is 9.06. The predicted octanol–water partition coefficient (Wildman–Crippen LogP) is 0.622. The molecule has 2 saturated heterocycles. The van der Waals surface area contributed by atoms with E-state index in [0.29, 0.717) is 6.10 Å². The van der Waals surface area contributed by atoms with E-state index in [0.717, 1.165) is 26.2 Å². The van der Waals surface area contributed by atoms with Crippen molar-refractivity contribution in [3.63, 3.8) is 0 Å². The van der Waals surface area contributed by atoms with Gasteiger partial charge in [0, 0.05) is 19.7 Å². The van der Waals surface area contributed by atoms with E-state index in [9.17, 15) is 0 Å². The second-order valence-corrected chi connectivity index (χ2v) is 4.19. The van der Waals surface area contributed by atoms with Gasteiger partial charge < -0.3 is 9.84 Å². The molecule has 76 valence electrons. The molecule has 1 unspecified atom stereocenters. The molecule has 0 spiro atoms. The van der Waals surface area contributed by atoms with Gasteiger partial charge in [-0.25, -0.2) is 0 Å². The minimum Gasteiger partial charge on any atom is -0.390 e. The summed E-state index contributed by atoms with van der Waals surface area (Å²) in [6.07, 6.45) is 5.40. The zero-order chi connectivity index (χ0) is 9.10. The number of β-amino-alcohol motifs (C(OH)–C–C–N with tert-alkyl or cyclic N) is 1. The van der Waals surface area contributed by atoms with Gasteiger partial charge in [-0.1, -0.05) is 0 Å². The normalized spacial score (nSPS) is 30.7. The van der Waals surface area contributed by atoms with Gasteiger partial charge in [-0.3, -0.25) is 4.90 Å². The molecule has 0 amide bonds. The SMILES string of the molecule is OC1CN(CCCC2CCCO2)C1. The van der Waals surface area contributed by atoms with Gasteiger partial charge in [0.05, 0.1) is 12.2 Å². The van der Waals surface area contributed by atoms with Crippen molar-refractivity contribution >= 4 is 0 Å². The topological polar surface area (TPSA) is 32.7 Å². The molecular formula is C10H19NO2. The van der Waals surface area contributed by atoms with Crippen LogP contribution in [-0.4, -0.2) is 48.5 Å². The Morgan fingerprint density at radius 2 is 2.23 bits per heavy atom. The van der Waals surface area contributed by atoms with Crippen molar-refractivity contribution in [2.45, 2.75) is 37.9 Å². The Bertz CT molecular complexity index is 151. The van der Waals surface area contributed by atoms with E-state index >= 15 is 0 Å². The number of likely N-dealkylation sites (tertiary alicyclic amines) is 1. The van der Waals surface area contributed by atoms with Gasteiger partial charge in [-0.05, 0) is 32.2 Å². The van der Waals surface area contributed by atoms with Crippen LogP contribution in [0.1, 0.15) is 25.7 Å². The van der Waals surface area contributed by atoms with E-state index in [-0.39, 0.29) is 6.10 Å². The lowest BCUT2D eigenvalue weighted by Crippen LogP contribution is -2.50. The Kier molecular flexibility index (Phi) is 3.19. The fraction of sp³-hybridized carbons (Fsp3) is 1.00. The van der Waals surface area contributed by atoms with E-state index in [4.69, 9.17) is 9.84 Å². The fourth-order valence-electron chi connectivity index (χ4n) is 2.14. The minimum atomic E-state index is -0.0530. The van der Waals surface area contributed by atoms with Crippen molar-refractivity contribution in [1.29, 1.82) is 0 Å². The van der Waals surface area contributed by atoms with E-state index in [1.54, 1.807) is 0 Å². The van der Waals surface area contributed by atoms with E-state index in [1.165, 1.54) is 25.7 Å². The Balaban J connectivity index is 1.49. The van der Waals surface area contributed by atoms with Crippen LogP contribution in [0.15, 0.2) is 0 Å². The van der Waals surface area contributed by atoms with Crippen LogP contribution >= 0.6 is 0 Å². The first-order chi connectivity index (χ1) is 6.34. The van der Waals surface area contributed by atoms with Crippen molar-refractivity contribution < 1.29 is 9.84 Å². The van der Waals surface area contributed by atoms with Gasteiger partial charge in [0.15, 0.2) is 0 Å². The highest BCUT2D eigenvalue weighted by atomic mass is 16.5. The molecule has 1 atom stereocenters. The second-order valence-electron chi connectivity index (χ2n) is 4.19. The molecule has 0 aromatic carbocycles. The number of hydrogen-bond donors (Lipinski definition) is 1. The van der Waals surface area contributed by atoms with Gasteiger partial charge >= 0.3 is 0 Å². The summed E-state index contributed by atoms with van der Waals surface area (Å²) < 4.78 is 5.54. The number of aliphatic hydroxyl groups is 1. The van der Waals surface area contributed by atoms with E-state index in [2.05, 4.69) is 4.90 Å². The molecule has 13 heavy (non-hydrogen) atoms. The Hall–Kier alpha value is -0.120. The Labute approximate surface area is 79.7 Å². The Morgan fingerprint density at radius 3 is 2.85 bits per heavy atom. The fourth-order valence-corrected chi connectivity index (χ4v) is 2.14. The molecule has 0 aromatic heterocycles. The molecule has 2 heterocycles. The molecule has 0 bridgehead atoms. The standard InChI is InChI=1S/C10H19NO2/c12-9-7-11(8-9)5-1-3-10-4-2-6-13-10/h9-10,12H,1-8H2. The Morgan fingerprint density at radius 1 is 1.38 bits per heavy atom. The number of hydrogen-bond acceptors (Lipinski definition) is 3. The molecule has 2 rings (SSSR count). The summed E-state index contributed by atoms with van der Waals surface area (Å²) in [4.78, 5) is 2.31. The van der Waals surface area contributed by atoms with E-state index in [1.807, 2.05) is 0 Å². The predicted molar refractivity (Wildman–Crippen MR) is 50.7 cm³/mol. The van der Waals surface area contributed by atoms with Gasteiger partial charge in [-0.2, -0.15) is 0 Å². The van der Waals surface area contributed by atoms with Crippen LogP contribution in [0.3, 0.4) is 0 Å². The number of rotatable bonds is 4. The lowest BCUT2D eigenvalue weighted by atomic mass is 10.1. The lowest BCUT2D eigenvalue weighted by Gasteiger charge is -2.35. The van der Waals surface area contributed by atoms with Crippen molar-refractivity contribution in [1.82, 2.24) is 4.90 Å². The van der Waals surface area contributed by atoms with Crippen molar-refractivity contribution in [2.24, 2.45) is 0 Å². The molecule has 2 fully saturated rings. The first-order valence-electron chi connectivity index (χ1n) is 5.36. The number of aliphatic hydroxyl groups excluding tert-OH is 1. The van der Waals surface area contributed by atoms with Gasteiger partial charge in [0.2, 0.25) is 0 Å². The third kappa shape index (κ3) is 2.66. The summed E-state index contributed by atoms with van der Waals surface area (Å²) >= 11 is 0. The van der Waals surface area contributed by atoms with E-state index < -0.39 is 0 Å². The van der Waals surface area contributed by atoms with Crippen molar-refractivity contribution in [3.8, 4) is 0 Å². The quantitative estimate of drug-likeness (QED) is 0.697. The van der Waals surface area contributed by atoms with Crippen LogP contribution in [0.4, 0.5) is 0 Å². The lowest BCUT2D eigenvalue weighted by molar-refractivity contribution is -0.000943. The molecule has 0 saturated carbocycles. The van der Waals surface area contributed by atoms with Crippen LogP contribution < -0.4 is 0 Å². The maximum Gasteiger partial charge on any atom is 0.0793 e. The summed E-state index contributed by atoms with van der Waals surface area (Å²) in [5.74, 6) is 0. The van der Waals surface area contributed by atoms with Crippen LogP contribution in [0, 0.1) is 0 Å². The average Bonchev–Trinajstić information content (AvgIpc) is 2.53. The number of nitrogens with zero attached hydrogens (tertiary/aromatic N) is 1. The third-order valence-electron chi connectivity index (χ3n) is 2.96. The first-order valence-corrected chi connectivity index (χ1v) is 5.36. The zero-order valence-corrected chi connectivity index (χ0v) is 8.11. The number of ether oxygens (including phenoxy) is 1. The minimum absolute atomic E-state index is 0.0530. The molecule has 3 heteroatoms. The highest BCUT2D eigenvalue weighted by molar-refractivity contribution is 4.78. The summed E-state index contributed by atoms with van der Waals surface area (Å²) in [6, 6.07) is 0. The van der Waals surface area contributed by atoms with Crippen LogP contribution in [0.5, 0.6) is 0 Å². The highest BCUT2D eigenvalue weighted by Gasteiger charge is 2.24.